The lowest BCUT2D eigenvalue weighted by atomic mass is 9.92. The number of aliphatic carboxylic acids is 1. The summed E-state index contributed by atoms with van der Waals surface area (Å²) in [6, 6.07) is 0. The highest BCUT2D eigenvalue weighted by molar-refractivity contribution is 5.71. The van der Waals surface area contributed by atoms with Gasteiger partial charge < -0.3 is 14.6 Å². The summed E-state index contributed by atoms with van der Waals surface area (Å²) in [6.07, 6.45) is 1.32. The molecule has 1 N–H and O–H groups in total. The van der Waals surface area contributed by atoms with Gasteiger partial charge in [-0.2, -0.15) is 0 Å². The van der Waals surface area contributed by atoms with Crippen molar-refractivity contribution in [1.29, 1.82) is 0 Å². The molecule has 0 radical (unpaired) electrons. The summed E-state index contributed by atoms with van der Waals surface area (Å²) in [5, 5.41) is 8.43. The Kier molecular flexibility index (Phi) is 3.22. The zero-order valence-electron chi connectivity index (χ0n) is 6.73. The van der Waals surface area contributed by atoms with Crippen LogP contribution in [0.3, 0.4) is 0 Å². The van der Waals surface area contributed by atoms with Crippen molar-refractivity contribution < 1.29 is 19.4 Å². The van der Waals surface area contributed by atoms with Gasteiger partial charge in [0.25, 0.3) is 0 Å². The number of hydrogen-bond donors (Lipinski definition) is 1. The van der Waals surface area contributed by atoms with Crippen molar-refractivity contribution in [3.05, 3.63) is 0 Å². The third-order valence-corrected chi connectivity index (χ3v) is 1.97. The minimum Gasteiger partial charge on any atom is -0.481 e. The molecular weight excluding hydrogens is 160 g/mol. The van der Waals surface area contributed by atoms with Gasteiger partial charge >= 0.3 is 5.97 Å². The minimum atomic E-state index is -0.910. The standard InChI is InChI=1S/C8H12O4/c9-3-6(2-8(10)11)1-7-4-12-5-7/h3,6-7H,1-2,4-5H2,(H,10,11). The van der Waals surface area contributed by atoms with Crippen molar-refractivity contribution >= 4 is 12.3 Å². The molecule has 12 heavy (non-hydrogen) atoms. The highest BCUT2D eigenvalue weighted by Gasteiger charge is 2.23. The molecule has 0 saturated carbocycles. The van der Waals surface area contributed by atoms with E-state index in [9.17, 15) is 9.59 Å². The van der Waals surface area contributed by atoms with Crippen LogP contribution in [-0.2, 0) is 14.3 Å². The SMILES string of the molecule is O=CC(CC(=O)O)CC1COC1. The van der Waals surface area contributed by atoms with Gasteiger partial charge in [-0.1, -0.05) is 0 Å². The molecule has 4 heteroatoms. The lowest BCUT2D eigenvalue weighted by Crippen LogP contribution is -2.30. The van der Waals surface area contributed by atoms with E-state index in [4.69, 9.17) is 9.84 Å². The predicted octanol–water partition coefficient (Wildman–Crippen LogP) is 0.313. The molecule has 0 aromatic carbocycles. The van der Waals surface area contributed by atoms with Crippen LogP contribution in [0.25, 0.3) is 0 Å². The fraction of sp³-hybridized carbons (Fsp3) is 0.750. The fourth-order valence-corrected chi connectivity index (χ4v) is 1.26. The van der Waals surface area contributed by atoms with Crippen LogP contribution in [0.5, 0.6) is 0 Å². The first-order chi connectivity index (χ1) is 5.72. The molecule has 0 spiro atoms. The second-order valence-corrected chi connectivity index (χ2v) is 3.13. The Hall–Kier alpha value is -0.900. The normalized spacial score (nSPS) is 19.7. The summed E-state index contributed by atoms with van der Waals surface area (Å²) in [4.78, 5) is 20.7. The first-order valence-electron chi connectivity index (χ1n) is 3.97. The third-order valence-electron chi connectivity index (χ3n) is 1.97. The molecule has 4 nitrogen and oxygen atoms in total. The summed E-state index contributed by atoms with van der Waals surface area (Å²) in [7, 11) is 0. The number of ether oxygens (including phenoxy) is 1. The van der Waals surface area contributed by atoms with Gasteiger partial charge in [-0.25, -0.2) is 0 Å². The lowest BCUT2D eigenvalue weighted by Gasteiger charge is -2.27. The van der Waals surface area contributed by atoms with Crippen molar-refractivity contribution in [3.63, 3.8) is 0 Å². The highest BCUT2D eigenvalue weighted by Crippen LogP contribution is 2.20. The van der Waals surface area contributed by atoms with E-state index < -0.39 is 5.97 Å². The van der Waals surface area contributed by atoms with E-state index in [-0.39, 0.29) is 12.3 Å². The second kappa shape index (κ2) is 4.21. The zero-order valence-corrected chi connectivity index (χ0v) is 6.73. The fourth-order valence-electron chi connectivity index (χ4n) is 1.26. The largest absolute Gasteiger partial charge is 0.481 e. The van der Waals surface area contributed by atoms with Gasteiger partial charge in [-0.05, 0) is 6.42 Å². The maximum absolute atomic E-state index is 10.4. The maximum Gasteiger partial charge on any atom is 0.304 e. The van der Waals surface area contributed by atoms with Crippen molar-refractivity contribution in [2.24, 2.45) is 11.8 Å². The van der Waals surface area contributed by atoms with Crippen LogP contribution >= 0.6 is 0 Å². The quantitative estimate of drug-likeness (QED) is 0.606. The van der Waals surface area contributed by atoms with Crippen LogP contribution in [0.1, 0.15) is 12.8 Å². The summed E-state index contributed by atoms with van der Waals surface area (Å²) < 4.78 is 4.92. The van der Waals surface area contributed by atoms with E-state index in [1.807, 2.05) is 0 Å². The van der Waals surface area contributed by atoms with E-state index in [2.05, 4.69) is 0 Å². The van der Waals surface area contributed by atoms with Gasteiger partial charge in [0, 0.05) is 11.8 Å². The summed E-state index contributed by atoms with van der Waals surface area (Å²) >= 11 is 0. The van der Waals surface area contributed by atoms with Crippen LogP contribution in [0.15, 0.2) is 0 Å². The van der Waals surface area contributed by atoms with E-state index in [0.717, 1.165) is 6.29 Å². The Morgan fingerprint density at radius 2 is 2.33 bits per heavy atom. The first kappa shape index (κ1) is 9.19. The first-order valence-corrected chi connectivity index (χ1v) is 3.97. The van der Waals surface area contributed by atoms with Gasteiger partial charge in [0.2, 0.25) is 0 Å². The molecule has 1 saturated heterocycles. The second-order valence-electron chi connectivity index (χ2n) is 3.13. The molecule has 1 heterocycles. The van der Waals surface area contributed by atoms with E-state index in [1.165, 1.54) is 0 Å². The molecule has 0 aromatic rings. The summed E-state index contributed by atoms with van der Waals surface area (Å²) in [6.45, 7) is 1.34. The molecule has 0 bridgehead atoms. The Bertz CT molecular complexity index is 174. The van der Waals surface area contributed by atoms with Crippen LogP contribution in [0.4, 0.5) is 0 Å². The Morgan fingerprint density at radius 1 is 1.67 bits per heavy atom. The predicted molar refractivity (Wildman–Crippen MR) is 40.7 cm³/mol. The van der Waals surface area contributed by atoms with Gasteiger partial charge in [0.15, 0.2) is 0 Å². The number of carboxylic acids is 1. The van der Waals surface area contributed by atoms with Gasteiger partial charge in [0.05, 0.1) is 19.6 Å². The molecule has 1 rings (SSSR count). The average molecular weight is 172 g/mol. The molecular formula is C8H12O4. The van der Waals surface area contributed by atoms with Crippen LogP contribution in [-0.4, -0.2) is 30.6 Å². The minimum absolute atomic E-state index is 0.0556. The Balaban J connectivity index is 2.23. The van der Waals surface area contributed by atoms with Gasteiger partial charge in [-0.15, -0.1) is 0 Å². The molecule has 1 aliphatic heterocycles. The van der Waals surface area contributed by atoms with E-state index in [1.54, 1.807) is 0 Å². The number of carbonyl (C=O) groups excluding carboxylic acids is 1. The Morgan fingerprint density at radius 3 is 2.67 bits per heavy atom. The molecule has 1 aliphatic rings. The molecule has 1 fully saturated rings. The lowest BCUT2D eigenvalue weighted by molar-refractivity contribution is -0.140. The molecule has 0 aliphatic carbocycles. The van der Waals surface area contributed by atoms with Crippen molar-refractivity contribution in [3.8, 4) is 0 Å². The summed E-state index contributed by atoms with van der Waals surface area (Å²) in [5.41, 5.74) is 0. The molecule has 1 atom stereocenters. The average Bonchev–Trinajstić information content (AvgIpc) is 1.93. The number of carboxylic acid groups (broad SMARTS) is 1. The van der Waals surface area contributed by atoms with Crippen LogP contribution < -0.4 is 0 Å². The van der Waals surface area contributed by atoms with Crippen LogP contribution in [0.2, 0.25) is 0 Å². The smallest absolute Gasteiger partial charge is 0.304 e. The number of hydrogen-bond acceptors (Lipinski definition) is 3. The topological polar surface area (TPSA) is 63.6 Å². The maximum atomic E-state index is 10.4. The molecule has 68 valence electrons. The van der Waals surface area contributed by atoms with E-state index in [0.29, 0.717) is 25.6 Å². The van der Waals surface area contributed by atoms with E-state index >= 15 is 0 Å². The van der Waals surface area contributed by atoms with Crippen LogP contribution in [0, 0.1) is 11.8 Å². The highest BCUT2D eigenvalue weighted by atomic mass is 16.5. The molecule has 0 amide bonds. The monoisotopic (exact) mass is 172 g/mol. The van der Waals surface area contributed by atoms with Gasteiger partial charge in [-0.3, -0.25) is 4.79 Å². The third kappa shape index (κ3) is 2.62. The summed E-state index contributed by atoms with van der Waals surface area (Å²) in [5.74, 6) is -0.858. The number of carbonyl (C=O) groups is 2. The van der Waals surface area contributed by atoms with Crippen molar-refractivity contribution in [2.75, 3.05) is 13.2 Å². The number of aldehydes is 1. The molecule has 1 unspecified atom stereocenters. The molecule has 0 aromatic heterocycles. The zero-order chi connectivity index (χ0) is 8.97. The Labute approximate surface area is 70.5 Å². The van der Waals surface area contributed by atoms with Crippen molar-refractivity contribution in [1.82, 2.24) is 0 Å². The van der Waals surface area contributed by atoms with Crippen molar-refractivity contribution in [2.45, 2.75) is 12.8 Å². The van der Waals surface area contributed by atoms with Gasteiger partial charge in [0.1, 0.15) is 6.29 Å². The number of rotatable bonds is 5.